The van der Waals surface area contributed by atoms with Crippen molar-refractivity contribution < 1.29 is 57.5 Å². The Morgan fingerprint density at radius 2 is 1.40 bits per heavy atom. The number of amides is 1. The van der Waals surface area contributed by atoms with Gasteiger partial charge >= 0.3 is 51.4 Å². The molecule has 0 aromatic heterocycles. The third kappa shape index (κ3) is 11.3. The molecular formula is C11H24KN2O-. The predicted octanol–water partition coefficient (Wildman–Crippen LogP) is 0.650. The summed E-state index contributed by atoms with van der Waals surface area (Å²) in [7, 11) is 1.92. The normalized spacial score (nSPS) is 12.1. The van der Waals surface area contributed by atoms with Crippen LogP contribution in [0.4, 0.5) is 0 Å². The van der Waals surface area contributed by atoms with Gasteiger partial charge in [0.05, 0.1) is 1.37 Å². The van der Waals surface area contributed by atoms with Crippen LogP contribution in [-0.2, 0) is 4.79 Å². The molecule has 0 spiro atoms. The summed E-state index contributed by atoms with van der Waals surface area (Å²) >= 11 is 0. The number of nitrogens with one attached hydrogen (secondary N) is 1. The fourth-order valence-corrected chi connectivity index (χ4v) is 2.07. The summed E-state index contributed by atoms with van der Waals surface area (Å²) in [6.45, 7) is 13.5. The van der Waals surface area contributed by atoms with E-state index in [4.69, 9.17) is 11.9 Å². The van der Waals surface area contributed by atoms with Crippen molar-refractivity contribution in [2.75, 3.05) is 7.05 Å². The summed E-state index contributed by atoms with van der Waals surface area (Å²) in [5, 5.41) is 4.43. The third-order valence-electron chi connectivity index (χ3n) is 1.90. The first-order valence-electron chi connectivity index (χ1n) is 5.24. The topological polar surface area (TPSA) is 55.0 Å². The molecule has 0 heterocycles. The maximum atomic E-state index is 8.78. The van der Waals surface area contributed by atoms with Crippen LogP contribution in [-0.4, -0.2) is 19.5 Å². The molecule has 1 N–H and O–H groups in total. The van der Waals surface area contributed by atoms with Crippen LogP contribution in [0.15, 0.2) is 0 Å². The fraction of sp³-hybridized carbons (Fsp3) is 0.909. The summed E-state index contributed by atoms with van der Waals surface area (Å²) in [6, 6.07) is 0.440. The molecule has 1 amide bonds. The Kier molecular flexibility index (Phi) is 11.2. The van der Waals surface area contributed by atoms with Crippen molar-refractivity contribution in [3.8, 4) is 0 Å². The molecule has 0 saturated carbocycles. The van der Waals surface area contributed by atoms with Crippen molar-refractivity contribution in [3.05, 3.63) is 11.1 Å². The van der Waals surface area contributed by atoms with E-state index in [1.54, 1.807) is 0 Å². The molecule has 4 heteroatoms. The molecule has 0 fully saturated rings. The fourth-order valence-electron chi connectivity index (χ4n) is 2.07. The van der Waals surface area contributed by atoms with Crippen molar-refractivity contribution in [1.29, 1.82) is 0 Å². The molecule has 0 radical (unpaired) electrons. The van der Waals surface area contributed by atoms with Crippen LogP contribution >= 0.6 is 0 Å². The molecule has 0 rings (SSSR count). The zero-order valence-corrected chi connectivity index (χ0v) is 14.6. The van der Waals surface area contributed by atoms with Crippen LogP contribution in [0.2, 0.25) is 0 Å². The van der Waals surface area contributed by atoms with E-state index in [0.29, 0.717) is 6.04 Å². The third-order valence-corrected chi connectivity index (χ3v) is 1.90. The van der Waals surface area contributed by atoms with Crippen molar-refractivity contribution in [1.82, 2.24) is 0 Å². The number of carbonyl (C=O) groups excluding carboxylic acids is 1. The first-order chi connectivity index (χ1) is 6.42. The molecule has 0 aliphatic rings. The molecule has 0 atom stereocenters. The van der Waals surface area contributed by atoms with Gasteiger partial charge in [0, 0.05) is 6.39 Å². The Morgan fingerprint density at radius 3 is 1.40 bits per heavy atom. The van der Waals surface area contributed by atoms with Gasteiger partial charge in [0.15, 0.2) is 0 Å². The van der Waals surface area contributed by atoms with Crippen LogP contribution in [0, 0.1) is 10.8 Å². The molecule has 0 saturated heterocycles. The summed E-state index contributed by atoms with van der Waals surface area (Å²) < 4.78 is 5.61. The average molecular weight is 240 g/mol. The van der Waals surface area contributed by atoms with Gasteiger partial charge in [-0.15, -0.1) is 6.04 Å². The van der Waals surface area contributed by atoms with E-state index >= 15 is 0 Å². The van der Waals surface area contributed by atoms with Crippen LogP contribution < -0.4 is 51.4 Å². The van der Waals surface area contributed by atoms with Crippen LogP contribution in [0.1, 0.15) is 42.9 Å². The van der Waals surface area contributed by atoms with Gasteiger partial charge in [0.2, 0.25) is 0 Å². The number of hydrogen-bond donors (Lipinski definition) is 0. The van der Waals surface area contributed by atoms with E-state index in [1.807, 2.05) is 7.05 Å². The Labute approximate surface area is 139 Å². The van der Waals surface area contributed by atoms with Crippen molar-refractivity contribution in [2.45, 2.75) is 47.6 Å². The van der Waals surface area contributed by atoms with Gasteiger partial charge in [-0.25, -0.2) is 0 Å². The van der Waals surface area contributed by atoms with E-state index < -0.39 is 6.39 Å². The smallest absolute Gasteiger partial charge is 0.671 e. The Morgan fingerprint density at radius 1 is 1.20 bits per heavy atom. The van der Waals surface area contributed by atoms with Gasteiger partial charge in [-0.2, -0.15) is 7.05 Å². The van der Waals surface area contributed by atoms with Crippen molar-refractivity contribution in [3.63, 3.8) is 0 Å². The minimum atomic E-state index is -1.33. The van der Waals surface area contributed by atoms with Gasteiger partial charge in [-0.3, -0.25) is 0 Å². The Balaban J connectivity index is -0.000000292. The maximum absolute atomic E-state index is 8.78. The molecule has 0 aromatic carbocycles. The van der Waals surface area contributed by atoms with Crippen molar-refractivity contribution >= 4 is 6.39 Å². The van der Waals surface area contributed by atoms with Gasteiger partial charge < -0.3 is 15.8 Å². The summed E-state index contributed by atoms with van der Waals surface area (Å²) in [5.41, 5.74) is 6.18. The first-order valence-corrected chi connectivity index (χ1v) is 4.74. The minimum absolute atomic E-state index is 0. The number of nitrogens with zero attached hydrogens (tertiary/aromatic N) is 1. The molecular weight excluding hydrogens is 215 g/mol. The summed E-state index contributed by atoms with van der Waals surface area (Å²) in [4.78, 5) is 8.78. The minimum Gasteiger partial charge on any atom is -0.671 e. The molecule has 0 aliphatic heterocycles. The van der Waals surface area contributed by atoms with E-state index in [-0.39, 0.29) is 62.2 Å². The van der Waals surface area contributed by atoms with Crippen LogP contribution in [0.3, 0.4) is 0 Å². The molecule has 0 aliphatic carbocycles. The summed E-state index contributed by atoms with van der Waals surface area (Å²) in [5.74, 6) is 0. The quantitative estimate of drug-likeness (QED) is 0.490. The average Bonchev–Trinajstić information content (AvgIpc) is 1.78. The van der Waals surface area contributed by atoms with E-state index in [1.165, 1.54) is 0 Å². The molecule has 3 nitrogen and oxygen atoms in total. The number of rotatable bonds is 1. The van der Waals surface area contributed by atoms with Crippen molar-refractivity contribution in [2.24, 2.45) is 10.8 Å². The van der Waals surface area contributed by atoms with Gasteiger partial charge in [0.25, 0.3) is 0 Å². The molecule has 0 bridgehead atoms. The van der Waals surface area contributed by atoms with Gasteiger partial charge in [-0.05, 0) is 0 Å². The molecule has 0 unspecified atom stereocenters. The maximum Gasteiger partial charge on any atom is 1.00 e. The molecule has 0 aromatic rings. The predicted molar refractivity (Wildman–Crippen MR) is 62.4 cm³/mol. The van der Waals surface area contributed by atoms with Gasteiger partial charge in [0.1, 0.15) is 0 Å². The Bertz CT molecular complexity index is 179. The second kappa shape index (κ2) is 9.13. The number of hydrogen-bond acceptors (Lipinski definition) is 1. The van der Waals surface area contributed by atoms with Crippen LogP contribution in [0.5, 0.6) is 0 Å². The second-order valence-corrected chi connectivity index (χ2v) is 5.49. The largest absolute Gasteiger partial charge is 1.00 e. The molecule has 15 heavy (non-hydrogen) atoms. The zero-order chi connectivity index (χ0) is 12.9. The first kappa shape index (κ1) is 18.4. The number of carbonyl (C=O) groups is 1. The standard InChI is InChI=1S/C10H22N.CH3NO.K/c1-9(2,3)8(11-7)10(4,5)6;2-1-3;/h8H,1-7H3;1H,(H2,2,3);/q-1;;+1/p-1/i;1D;. The molecule has 86 valence electrons. The second-order valence-electron chi connectivity index (χ2n) is 5.49. The SMILES string of the molecule is C[N-]C(C(C)(C)C)C(C)(C)C.[2H]C([NH-])=O.[K+]. The van der Waals surface area contributed by atoms with E-state index in [9.17, 15) is 0 Å². The van der Waals surface area contributed by atoms with E-state index in [2.05, 4.69) is 46.9 Å². The Hall–Kier alpha value is 1.07. The summed E-state index contributed by atoms with van der Waals surface area (Å²) in [6.07, 6.45) is -1.33. The van der Waals surface area contributed by atoms with E-state index in [0.717, 1.165) is 0 Å². The monoisotopic (exact) mass is 240 g/mol. The zero-order valence-electron chi connectivity index (χ0n) is 12.4. The van der Waals surface area contributed by atoms with Gasteiger partial charge in [-0.1, -0.05) is 52.4 Å². The van der Waals surface area contributed by atoms with Crippen LogP contribution in [0.25, 0.3) is 11.1 Å².